The lowest BCUT2D eigenvalue weighted by Gasteiger charge is -2.11. The quantitative estimate of drug-likeness (QED) is 0.484. The van der Waals surface area contributed by atoms with E-state index in [0.717, 1.165) is 12.1 Å². The van der Waals surface area contributed by atoms with Crippen molar-refractivity contribution in [3.8, 4) is 17.0 Å². The molecule has 1 saturated heterocycles. The zero-order chi connectivity index (χ0) is 24.4. The van der Waals surface area contributed by atoms with Crippen LogP contribution in [0.25, 0.3) is 11.3 Å². The molecule has 178 valence electrons. The van der Waals surface area contributed by atoms with Crippen molar-refractivity contribution < 1.29 is 27.8 Å². The van der Waals surface area contributed by atoms with E-state index in [1.165, 1.54) is 11.8 Å². The van der Waals surface area contributed by atoms with Crippen LogP contribution in [0.1, 0.15) is 38.7 Å². The summed E-state index contributed by atoms with van der Waals surface area (Å²) in [6.07, 6.45) is 0.602. The first-order valence-electron chi connectivity index (χ1n) is 10.5. The molecule has 0 spiro atoms. The minimum atomic E-state index is -0.911. The molecule has 1 aliphatic heterocycles. The van der Waals surface area contributed by atoms with Crippen molar-refractivity contribution in [2.45, 2.75) is 19.0 Å². The van der Waals surface area contributed by atoms with Crippen LogP contribution in [-0.4, -0.2) is 41.9 Å². The Balaban J connectivity index is 1.63. The summed E-state index contributed by atoms with van der Waals surface area (Å²) in [6.45, 7) is 0.535. The standard InChI is InChI=1S/C23H23F2N5O4/c1-33-18-5-3-2-4-14(18)23(32)28-10-12-8-17(25)15(9-16(12)24)20-19(22(27)31)21(26)30(29-20)13-6-7-34-11-13/h2-5,8-9,13H,6-7,10-11,26H2,1H3,(H2,27,31)(H,28,32). The Morgan fingerprint density at radius 1 is 1.26 bits per heavy atom. The maximum atomic E-state index is 15.1. The molecule has 5 N–H and O–H groups in total. The number of aromatic nitrogens is 2. The topological polar surface area (TPSA) is 134 Å². The molecule has 2 heterocycles. The number of nitrogens with one attached hydrogen (secondary N) is 1. The van der Waals surface area contributed by atoms with Crippen LogP contribution >= 0.6 is 0 Å². The number of amides is 2. The molecule has 11 heteroatoms. The maximum Gasteiger partial charge on any atom is 0.255 e. The first-order chi connectivity index (χ1) is 16.3. The Morgan fingerprint density at radius 2 is 2.03 bits per heavy atom. The fourth-order valence-corrected chi connectivity index (χ4v) is 3.88. The molecule has 0 radical (unpaired) electrons. The van der Waals surface area contributed by atoms with E-state index < -0.39 is 23.4 Å². The van der Waals surface area contributed by atoms with E-state index in [0.29, 0.717) is 25.4 Å². The predicted octanol–water partition coefficient (Wildman–Crippen LogP) is 2.41. The fraction of sp³-hybridized carbons (Fsp3) is 0.261. The normalized spacial score (nSPS) is 15.3. The van der Waals surface area contributed by atoms with Crippen LogP contribution in [0.3, 0.4) is 0 Å². The summed E-state index contributed by atoms with van der Waals surface area (Å²) >= 11 is 0. The average Bonchev–Trinajstić information content (AvgIpc) is 3.46. The maximum absolute atomic E-state index is 15.1. The Morgan fingerprint density at radius 3 is 2.71 bits per heavy atom. The second kappa shape index (κ2) is 9.48. The van der Waals surface area contributed by atoms with Crippen molar-refractivity contribution in [1.82, 2.24) is 15.1 Å². The second-order valence-corrected chi connectivity index (χ2v) is 7.74. The molecule has 1 fully saturated rings. The molecule has 0 bridgehead atoms. The molecular formula is C23H23F2N5O4. The first kappa shape index (κ1) is 23.2. The Kier molecular flexibility index (Phi) is 6.46. The third kappa shape index (κ3) is 4.29. The monoisotopic (exact) mass is 471 g/mol. The summed E-state index contributed by atoms with van der Waals surface area (Å²) < 4.78 is 41.8. The number of nitrogens with two attached hydrogens (primary N) is 2. The van der Waals surface area contributed by atoms with Crippen LogP contribution in [0.2, 0.25) is 0 Å². The third-order valence-electron chi connectivity index (χ3n) is 5.63. The van der Waals surface area contributed by atoms with Crippen LogP contribution < -0.4 is 21.5 Å². The molecule has 2 amide bonds. The van der Waals surface area contributed by atoms with Gasteiger partial charge >= 0.3 is 0 Å². The van der Waals surface area contributed by atoms with Gasteiger partial charge in [-0.25, -0.2) is 13.5 Å². The van der Waals surface area contributed by atoms with Gasteiger partial charge in [0.2, 0.25) is 0 Å². The molecule has 1 aromatic heterocycles. The summed E-state index contributed by atoms with van der Waals surface area (Å²) in [5.74, 6) is -2.76. The highest BCUT2D eigenvalue weighted by molar-refractivity contribution is 6.03. The van der Waals surface area contributed by atoms with Crippen molar-refractivity contribution in [2.75, 3.05) is 26.1 Å². The molecule has 9 nitrogen and oxygen atoms in total. The van der Waals surface area contributed by atoms with Crippen molar-refractivity contribution in [1.29, 1.82) is 0 Å². The number of benzene rings is 2. The van der Waals surface area contributed by atoms with Gasteiger partial charge in [-0.15, -0.1) is 0 Å². The highest BCUT2D eigenvalue weighted by Gasteiger charge is 2.29. The second-order valence-electron chi connectivity index (χ2n) is 7.74. The van der Waals surface area contributed by atoms with Crippen molar-refractivity contribution in [3.05, 3.63) is 64.7 Å². The Hall–Kier alpha value is -3.99. The highest BCUT2D eigenvalue weighted by Crippen LogP contribution is 2.33. The molecule has 4 rings (SSSR count). The third-order valence-corrected chi connectivity index (χ3v) is 5.63. The number of anilines is 1. The number of hydrogen-bond donors (Lipinski definition) is 3. The number of hydrogen-bond acceptors (Lipinski definition) is 6. The average molecular weight is 471 g/mol. The van der Waals surface area contributed by atoms with Gasteiger partial charge in [0.15, 0.2) is 0 Å². The molecule has 1 aliphatic rings. The Bertz CT molecular complexity index is 1250. The number of ether oxygens (including phenoxy) is 2. The number of carbonyl (C=O) groups is 2. The van der Waals surface area contributed by atoms with Gasteiger partial charge in [0.1, 0.15) is 34.5 Å². The number of methoxy groups -OCH3 is 1. The van der Waals surface area contributed by atoms with Crippen molar-refractivity contribution in [2.24, 2.45) is 5.73 Å². The number of carbonyl (C=O) groups excluding carboxylic acids is 2. The van der Waals surface area contributed by atoms with E-state index in [9.17, 15) is 14.0 Å². The molecule has 1 atom stereocenters. The lowest BCUT2D eigenvalue weighted by molar-refractivity contribution is 0.0946. The number of rotatable bonds is 7. The lowest BCUT2D eigenvalue weighted by atomic mass is 10.0. The van der Waals surface area contributed by atoms with E-state index in [4.69, 9.17) is 20.9 Å². The number of para-hydroxylation sites is 1. The minimum Gasteiger partial charge on any atom is -0.496 e. The van der Waals surface area contributed by atoms with Gasteiger partial charge in [-0.1, -0.05) is 12.1 Å². The molecule has 34 heavy (non-hydrogen) atoms. The Labute approximate surface area is 193 Å². The minimum absolute atomic E-state index is 0.0362. The van der Waals surface area contributed by atoms with Gasteiger partial charge in [-0.2, -0.15) is 5.10 Å². The van der Waals surface area contributed by atoms with Gasteiger partial charge in [-0.3, -0.25) is 9.59 Å². The van der Waals surface area contributed by atoms with Crippen LogP contribution in [0.4, 0.5) is 14.6 Å². The number of nitrogen functional groups attached to an aromatic ring is 1. The van der Waals surface area contributed by atoms with Gasteiger partial charge in [0.25, 0.3) is 11.8 Å². The fourth-order valence-electron chi connectivity index (χ4n) is 3.88. The molecule has 0 saturated carbocycles. The van der Waals surface area contributed by atoms with Gasteiger partial charge in [0, 0.05) is 24.3 Å². The zero-order valence-electron chi connectivity index (χ0n) is 18.3. The SMILES string of the molecule is COc1ccccc1C(=O)NCc1cc(F)c(-c2nn(C3CCOC3)c(N)c2C(N)=O)cc1F. The van der Waals surface area contributed by atoms with E-state index >= 15 is 4.39 Å². The van der Waals surface area contributed by atoms with Gasteiger partial charge < -0.3 is 26.3 Å². The van der Waals surface area contributed by atoms with Gasteiger partial charge in [0.05, 0.1) is 25.3 Å². The largest absolute Gasteiger partial charge is 0.496 e. The predicted molar refractivity (Wildman–Crippen MR) is 119 cm³/mol. The first-order valence-corrected chi connectivity index (χ1v) is 10.5. The zero-order valence-corrected chi connectivity index (χ0v) is 18.3. The van der Waals surface area contributed by atoms with E-state index in [1.54, 1.807) is 24.3 Å². The molecular weight excluding hydrogens is 448 g/mol. The molecule has 0 aliphatic carbocycles. The summed E-state index contributed by atoms with van der Waals surface area (Å²) in [5.41, 5.74) is 11.1. The van der Waals surface area contributed by atoms with Crippen LogP contribution in [0, 0.1) is 11.6 Å². The summed E-state index contributed by atoms with van der Waals surface area (Å²) in [5, 5.41) is 6.81. The lowest BCUT2D eigenvalue weighted by Crippen LogP contribution is -2.24. The van der Waals surface area contributed by atoms with E-state index in [2.05, 4.69) is 10.4 Å². The summed E-state index contributed by atoms with van der Waals surface area (Å²) in [7, 11) is 1.42. The van der Waals surface area contributed by atoms with Crippen molar-refractivity contribution in [3.63, 3.8) is 0 Å². The van der Waals surface area contributed by atoms with E-state index in [-0.39, 0.29) is 46.4 Å². The number of halogens is 2. The van der Waals surface area contributed by atoms with Gasteiger partial charge in [-0.05, 0) is 30.7 Å². The van der Waals surface area contributed by atoms with Crippen LogP contribution in [0.15, 0.2) is 36.4 Å². The van der Waals surface area contributed by atoms with Crippen LogP contribution in [-0.2, 0) is 11.3 Å². The molecule has 2 aromatic carbocycles. The summed E-state index contributed by atoms with van der Waals surface area (Å²) in [6, 6.07) is 8.13. The smallest absolute Gasteiger partial charge is 0.255 e. The number of primary amides is 1. The van der Waals surface area contributed by atoms with Crippen molar-refractivity contribution >= 4 is 17.6 Å². The summed E-state index contributed by atoms with van der Waals surface area (Å²) in [4.78, 5) is 24.5. The highest BCUT2D eigenvalue weighted by atomic mass is 19.1. The van der Waals surface area contributed by atoms with Crippen LogP contribution in [0.5, 0.6) is 5.75 Å². The molecule has 1 unspecified atom stereocenters. The molecule has 3 aromatic rings. The van der Waals surface area contributed by atoms with E-state index in [1.807, 2.05) is 0 Å². The number of nitrogens with zero attached hydrogens (tertiary/aromatic N) is 2.